The zero-order chi connectivity index (χ0) is 11.7. The summed E-state index contributed by atoms with van der Waals surface area (Å²) < 4.78 is 1.75. The van der Waals surface area contributed by atoms with E-state index in [0.29, 0.717) is 5.69 Å². The van der Waals surface area contributed by atoms with Crippen molar-refractivity contribution in [1.82, 2.24) is 19.4 Å². The highest BCUT2D eigenvalue weighted by atomic mass is 16.1. The van der Waals surface area contributed by atoms with E-state index in [4.69, 9.17) is 0 Å². The number of hydrogen-bond acceptors (Lipinski definition) is 4. The van der Waals surface area contributed by atoms with Gasteiger partial charge in [0, 0.05) is 29.7 Å². The topological polar surface area (TPSA) is 60.2 Å². The number of aromatic nitrogens is 4. The number of fused-ring (bicyclic) bond motifs is 1. The SMILES string of the molecule is O=Cc1cnc2ccc(-c3cncnc3)cn12. The van der Waals surface area contributed by atoms with Gasteiger partial charge in [0.05, 0.1) is 6.20 Å². The Hall–Kier alpha value is -2.56. The van der Waals surface area contributed by atoms with Crippen LogP contribution in [0.1, 0.15) is 10.5 Å². The summed E-state index contributed by atoms with van der Waals surface area (Å²) in [7, 11) is 0. The van der Waals surface area contributed by atoms with Crippen LogP contribution in [0.25, 0.3) is 16.8 Å². The van der Waals surface area contributed by atoms with E-state index in [2.05, 4.69) is 15.0 Å². The molecule has 0 fully saturated rings. The van der Waals surface area contributed by atoms with E-state index in [1.54, 1.807) is 23.0 Å². The van der Waals surface area contributed by atoms with Crippen molar-refractivity contribution in [2.24, 2.45) is 0 Å². The van der Waals surface area contributed by atoms with Gasteiger partial charge in [-0.05, 0) is 12.1 Å². The van der Waals surface area contributed by atoms with Crippen LogP contribution in [0.2, 0.25) is 0 Å². The molecule has 0 aliphatic carbocycles. The Bertz CT molecular complexity index is 675. The van der Waals surface area contributed by atoms with Crippen LogP contribution in [0.15, 0.2) is 43.2 Å². The summed E-state index contributed by atoms with van der Waals surface area (Å²) in [6.07, 6.45) is 9.12. The van der Waals surface area contributed by atoms with Crippen LogP contribution in [0.4, 0.5) is 0 Å². The van der Waals surface area contributed by atoms with Gasteiger partial charge in [0.1, 0.15) is 17.7 Å². The number of rotatable bonds is 2. The molecule has 0 aliphatic rings. The van der Waals surface area contributed by atoms with Crippen LogP contribution in [-0.4, -0.2) is 25.6 Å². The molecule has 0 bridgehead atoms. The molecule has 0 amide bonds. The molecule has 0 saturated carbocycles. The maximum Gasteiger partial charge on any atom is 0.168 e. The van der Waals surface area contributed by atoms with E-state index in [9.17, 15) is 4.79 Å². The minimum Gasteiger partial charge on any atom is -0.297 e. The summed E-state index contributed by atoms with van der Waals surface area (Å²) in [6, 6.07) is 3.78. The largest absolute Gasteiger partial charge is 0.297 e. The molecule has 0 radical (unpaired) electrons. The average molecular weight is 224 g/mol. The third-order valence-electron chi connectivity index (χ3n) is 2.55. The molecule has 0 N–H and O–H groups in total. The number of hydrogen-bond donors (Lipinski definition) is 0. The van der Waals surface area contributed by atoms with Crippen LogP contribution in [-0.2, 0) is 0 Å². The Morgan fingerprint density at radius 3 is 2.65 bits per heavy atom. The van der Waals surface area contributed by atoms with E-state index < -0.39 is 0 Å². The predicted molar refractivity (Wildman–Crippen MR) is 61.6 cm³/mol. The van der Waals surface area contributed by atoms with Gasteiger partial charge in [-0.2, -0.15) is 0 Å². The van der Waals surface area contributed by atoms with Crippen molar-refractivity contribution in [2.45, 2.75) is 0 Å². The van der Waals surface area contributed by atoms with Gasteiger partial charge in [-0.15, -0.1) is 0 Å². The Balaban J connectivity index is 2.22. The summed E-state index contributed by atoms with van der Waals surface area (Å²) in [4.78, 5) is 22.9. The summed E-state index contributed by atoms with van der Waals surface area (Å²) in [6.45, 7) is 0. The molecule has 0 aromatic carbocycles. The minimum atomic E-state index is 0.527. The zero-order valence-electron chi connectivity index (χ0n) is 8.82. The fourth-order valence-corrected chi connectivity index (χ4v) is 1.71. The lowest BCUT2D eigenvalue weighted by atomic mass is 10.1. The Kier molecular flexibility index (Phi) is 2.15. The summed E-state index contributed by atoms with van der Waals surface area (Å²) >= 11 is 0. The third-order valence-corrected chi connectivity index (χ3v) is 2.55. The lowest BCUT2D eigenvalue weighted by Crippen LogP contribution is -1.92. The van der Waals surface area contributed by atoms with Crippen LogP contribution >= 0.6 is 0 Å². The fourth-order valence-electron chi connectivity index (χ4n) is 1.71. The van der Waals surface area contributed by atoms with Crippen molar-refractivity contribution in [1.29, 1.82) is 0 Å². The van der Waals surface area contributed by atoms with Gasteiger partial charge in [-0.3, -0.25) is 9.20 Å². The molecule has 3 rings (SSSR count). The smallest absolute Gasteiger partial charge is 0.168 e. The van der Waals surface area contributed by atoms with E-state index >= 15 is 0 Å². The second kappa shape index (κ2) is 3.79. The standard InChI is InChI=1S/C12H8N4O/c17-7-11-5-15-12-2-1-9(6-16(11)12)10-3-13-8-14-4-10/h1-8H. The summed E-state index contributed by atoms with van der Waals surface area (Å²) in [5.74, 6) is 0. The fraction of sp³-hybridized carbons (Fsp3) is 0. The predicted octanol–water partition coefficient (Wildman–Crippen LogP) is 1.60. The van der Waals surface area contributed by atoms with Crippen LogP contribution in [0, 0.1) is 0 Å². The van der Waals surface area contributed by atoms with Crippen LogP contribution < -0.4 is 0 Å². The highest BCUT2D eigenvalue weighted by molar-refractivity contribution is 5.75. The number of pyridine rings is 1. The highest BCUT2D eigenvalue weighted by Crippen LogP contribution is 2.18. The molecule has 17 heavy (non-hydrogen) atoms. The van der Waals surface area contributed by atoms with E-state index in [-0.39, 0.29) is 0 Å². The average Bonchev–Trinajstić information content (AvgIpc) is 2.81. The maximum absolute atomic E-state index is 10.8. The van der Waals surface area contributed by atoms with Gasteiger partial charge in [-0.25, -0.2) is 15.0 Å². The monoisotopic (exact) mass is 224 g/mol. The molecular formula is C12H8N4O. The van der Waals surface area contributed by atoms with Gasteiger partial charge in [-0.1, -0.05) is 0 Å². The normalized spacial score (nSPS) is 10.6. The van der Waals surface area contributed by atoms with E-state index in [1.807, 2.05) is 18.3 Å². The van der Waals surface area contributed by atoms with Crippen LogP contribution in [0.5, 0.6) is 0 Å². The maximum atomic E-state index is 10.8. The first-order chi connectivity index (χ1) is 8.38. The van der Waals surface area contributed by atoms with Gasteiger partial charge >= 0.3 is 0 Å². The quantitative estimate of drug-likeness (QED) is 0.620. The molecule has 0 aliphatic heterocycles. The molecule has 82 valence electrons. The number of carbonyl (C=O) groups is 1. The van der Waals surface area contributed by atoms with Crippen molar-refractivity contribution >= 4 is 11.9 Å². The second-order valence-corrected chi connectivity index (χ2v) is 3.57. The van der Waals surface area contributed by atoms with Crippen molar-refractivity contribution < 1.29 is 4.79 Å². The van der Waals surface area contributed by atoms with Gasteiger partial charge in [0.2, 0.25) is 0 Å². The van der Waals surface area contributed by atoms with Crippen molar-refractivity contribution in [3.05, 3.63) is 48.9 Å². The number of imidazole rings is 1. The third kappa shape index (κ3) is 1.57. The molecule has 0 saturated heterocycles. The molecule has 5 nitrogen and oxygen atoms in total. The first-order valence-corrected chi connectivity index (χ1v) is 5.06. The Labute approximate surface area is 96.8 Å². The van der Waals surface area contributed by atoms with Gasteiger partial charge in [0.15, 0.2) is 6.29 Å². The first kappa shape index (κ1) is 9.65. The molecule has 3 aromatic rings. The lowest BCUT2D eigenvalue weighted by molar-refractivity contribution is 0.111. The summed E-state index contributed by atoms with van der Waals surface area (Å²) in [5, 5.41) is 0. The molecule has 3 heterocycles. The minimum absolute atomic E-state index is 0.527. The van der Waals surface area contributed by atoms with Crippen molar-refractivity contribution in [3.63, 3.8) is 0 Å². The zero-order valence-corrected chi connectivity index (χ0v) is 8.82. The van der Waals surface area contributed by atoms with E-state index in [0.717, 1.165) is 23.1 Å². The van der Waals surface area contributed by atoms with Crippen LogP contribution in [0.3, 0.4) is 0 Å². The second-order valence-electron chi connectivity index (χ2n) is 3.57. The Morgan fingerprint density at radius 1 is 1.06 bits per heavy atom. The molecule has 3 aromatic heterocycles. The number of aldehydes is 1. The van der Waals surface area contributed by atoms with Gasteiger partial charge < -0.3 is 0 Å². The lowest BCUT2D eigenvalue weighted by Gasteiger charge is -2.02. The van der Waals surface area contributed by atoms with Crippen molar-refractivity contribution in [3.8, 4) is 11.1 Å². The molecule has 0 unspecified atom stereocenters. The molecular weight excluding hydrogens is 216 g/mol. The van der Waals surface area contributed by atoms with E-state index in [1.165, 1.54) is 6.33 Å². The van der Waals surface area contributed by atoms with Crippen molar-refractivity contribution in [2.75, 3.05) is 0 Å². The Morgan fingerprint density at radius 2 is 1.88 bits per heavy atom. The number of nitrogens with zero attached hydrogens (tertiary/aromatic N) is 4. The van der Waals surface area contributed by atoms with Gasteiger partial charge in [0.25, 0.3) is 0 Å². The molecule has 0 atom stereocenters. The highest BCUT2D eigenvalue weighted by Gasteiger charge is 2.04. The summed E-state index contributed by atoms with van der Waals surface area (Å²) in [5.41, 5.74) is 3.12. The molecule has 5 heteroatoms. The molecule has 0 spiro atoms. The number of carbonyl (C=O) groups excluding carboxylic acids is 1. The first-order valence-electron chi connectivity index (χ1n) is 5.06.